The molecule has 0 bridgehead atoms. The highest BCUT2D eigenvalue weighted by Gasteiger charge is 2.31. The number of ether oxygens (including phenoxy) is 1. The fourth-order valence-corrected chi connectivity index (χ4v) is 3.15. The Balaban J connectivity index is 1.81. The van der Waals surface area contributed by atoms with E-state index in [0.29, 0.717) is 16.4 Å². The molecule has 0 spiro atoms. The van der Waals surface area contributed by atoms with Crippen LogP contribution >= 0.6 is 11.3 Å². The average molecular weight is 301 g/mol. The van der Waals surface area contributed by atoms with E-state index in [1.54, 1.807) is 24.3 Å². The smallest absolute Gasteiger partial charge is 0.349 e. The molecule has 1 aromatic heterocycles. The molecular formula is C16H15NO3S. The minimum Gasteiger partial charge on any atom is -0.443 e. The Morgan fingerprint density at radius 2 is 1.90 bits per heavy atom. The van der Waals surface area contributed by atoms with Crippen molar-refractivity contribution in [2.75, 3.05) is 0 Å². The van der Waals surface area contributed by atoms with E-state index in [0.717, 1.165) is 18.4 Å². The topological polar surface area (TPSA) is 69.4 Å². The minimum absolute atomic E-state index is 0.461. The molecular weight excluding hydrogens is 286 g/mol. The van der Waals surface area contributed by atoms with Crippen LogP contribution in [0.15, 0.2) is 41.8 Å². The lowest BCUT2D eigenvalue weighted by Gasteiger charge is -2.15. The predicted octanol–water partition coefficient (Wildman–Crippen LogP) is 3.01. The number of hydrogen-bond acceptors (Lipinski definition) is 4. The number of carbonyl (C=O) groups is 2. The standard InChI is InChI=1S/C16H15NO3S/c17-15(18)13(11-4-2-1-3-5-11)20-16(19)14-12(8-9-21-14)10-6-7-10/h1-5,8-10,13H,6-7H2,(H2,17,18)/t13-/m0/s1. The second-order valence-electron chi connectivity index (χ2n) is 5.08. The van der Waals surface area contributed by atoms with Gasteiger partial charge in [0.1, 0.15) is 4.88 Å². The van der Waals surface area contributed by atoms with Crippen molar-refractivity contribution in [1.82, 2.24) is 0 Å². The molecule has 1 aromatic carbocycles. The number of hydrogen-bond donors (Lipinski definition) is 1. The van der Waals surface area contributed by atoms with Gasteiger partial charge in [0.15, 0.2) is 0 Å². The van der Waals surface area contributed by atoms with Gasteiger partial charge in [0.25, 0.3) is 5.91 Å². The molecule has 0 saturated heterocycles. The molecule has 1 atom stereocenters. The van der Waals surface area contributed by atoms with Gasteiger partial charge in [-0.15, -0.1) is 11.3 Å². The maximum atomic E-state index is 12.3. The molecule has 1 saturated carbocycles. The Bertz CT molecular complexity index is 661. The minimum atomic E-state index is -1.05. The number of esters is 1. The van der Waals surface area contributed by atoms with Crippen molar-refractivity contribution in [3.05, 3.63) is 57.8 Å². The summed E-state index contributed by atoms with van der Waals surface area (Å²) in [7, 11) is 0. The summed E-state index contributed by atoms with van der Waals surface area (Å²) in [5.41, 5.74) is 6.98. The summed E-state index contributed by atoms with van der Waals surface area (Å²) in [5, 5.41) is 1.88. The predicted molar refractivity (Wildman–Crippen MR) is 80.1 cm³/mol. The van der Waals surface area contributed by atoms with Crippen molar-refractivity contribution in [3.63, 3.8) is 0 Å². The van der Waals surface area contributed by atoms with Crippen LogP contribution in [0.25, 0.3) is 0 Å². The van der Waals surface area contributed by atoms with Crippen LogP contribution in [-0.4, -0.2) is 11.9 Å². The average Bonchev–Trinajstić information content (AvgIpc) is 3.22. The van der Waals surface area contributed by atoms with Crippen LogP contribution < -0.4 is 5.73 Å². The van der Waals surface area contributed by atoms with Crippen LogP contribution in [0.3, 0.4) is 0 Å². The first kappa shape index (κ1) is 13.8. The fourth-order valence-electron chi connectivity index (χ4n) is 2.28. The zero-order valence-electron chi connectivity index (χ0n) is 11.3. The Kier molecular flexibility index (Phi) is 3.75. The Hall–Kier alpha value is -2.14. The molecule has 108 valence electrons. The van der Waals surface area contributed by atoms with Gasteiger partial charge in [0.05, 0.1) is 0 Å². The summed E-state index contributed by atoms with van der Waals surface area (Å²) in [6.45, 7) is 0. The van der Waals surface area contributed by atoms with Gasteiger partial charge in [-0.2, -0.15) is 0 Å². The lowest BCUT2D eigenvalue weighted by Crippen LogP contribution is -2.26. The van der Waals surface area contributed by atoms with Crippen molar-refractivity contribution >= 4 is 23.2 Å². The molecule has 2 N–H and O–H groups in total. The van der Waals surface area contributed by atoms with E-state index in [1.807, 2.05) is 17.5 Å². The van der Waals surface area contributed by atoms with Crippen LogP contribution in [0.4, 0.5) is 0 Å². The SMILES string of the molecule is NC(=O)[C@@H](OC(=O)c1sccc1C1CC1)c1ccccc1. The third-order valence-corrected chi connectivity index (χ3v) is 4.39. The van der Waals surface area contributed by atoms with Crippen molar-refractivity contribution in [2.45, 2.75) is 24.9 Å². The van der Waals surface area contributed by atoms with E-state index >= 15 is 0 Å². The Morgan fingerprint density at radius 1 is 1.19 bits per heavy atom. The van der Waals surface area contributed by atoms with Crippen molar-refractivity contribution < 1.29 is 14.3 Å². The van der Waals surface area contributed by atoms with Crippen LogP contribution in [0.2, 0.25) is 0 Å². The van der Waals surface area contributed by atoms with Crippen LogP contribution in [0.1, 0.15) is 45.7 Å². The zero-order valence-corrected chi connectivity index (χ0v) is 12.1. The van der Waals surface area contributed by atoms with Gasteiger partial charge in [0.2, 0.25) is 6.10 Å². The van der Waals surface area contributed by atoms with Gasteiger partial charge in [-0.1, -0.05) is 30.3 Å². The largest absolute Gasteiger partial charge is 0.443 e. The van der Waals surface area contributed by atoms with Gasteiger partial charge in [0, 0.05) is 5.56 Å². The van der Waals surface area contributed by atoms with E-state index in [1.165, 1.54) is 11.3 Å². The molecule has 1 aliphatic rings. The summed E-state index contributed by atoms with van der Waals surface area (Å²) in [6, 6.07) is 10.8. The number of nitrogens with two attached hydrogens (primary N) is 1. The van der Waals surface area contributed by atoms with Crippen LogP contribution in [0.5, 0.6) is 0 Å². The Morgan fingerprint density at radius 3 is 2.52 bits per heavy atom. The zero-order chi connectivity index (χ0) is 14.8. The van der Waals surface area contributed by atoms with Gasteiger partial charge in [-0.05, 0) is 35.8 Å². The number of amides is 1. The molecule has 1 amide bonds. The Labute approximate surface area is 126 Å². The van der Waals surface area contributed by atoms with E-state index in [4.69, 9.17) is 10.5 Å². The number of primary amides is 1. The number of thiophene rings is 1. The molecule has 3 rings (SSSR count). The lowest BCUT2D eigenvalue weighted by atomic mass is 10.1. The first-order valence-corrected chi connectivity index (χ1v) is 7.67. The first-order valence-electron chi connectivity index (χ1n) is 6.79. The highest BCUT2D eigenvalue weighted by Crippen LogP contribution is 2.43. The van der Waals surface area contributed by atoms with Gasteiger partial charge in [-0.25, -0.2) is 4.79 Å². The summed E-state index contributed by atoms with van der Waals surface area (Å²) >= 11 is 1.35. The first-order chi connectivity index (χ1) is 10.2. The fraction of sp³-hybridized carbons (Fsp3) is 0.250. The molecule has 1 aliphatic carbocycles. The molecule has 1 fully saturated rings. The molecule has 0 unspecified atom stereocenters. The van der Waals surface area contributed by atoms with Gasteiger partial charge in [-0.3, -0.25) is 4.79 Å². The molecule has 0 aliphatic heterocycles. The lowest BCUT2D eigenvalue weighted by molar-refractivity contribution is -0.127. The number of rotatable bonds is 5. The summed E-state index contributed by atoms with van der Waals surface area (Å²) in [5.74, 6) is -0.679. The molecule has 4 nitrogen and oxygen atoms in total. The molecule has 2 aromatic rings. The van der Waals surface area contributed by atoms with Gasteiger partial charge >= 0.3 is 5.97 Å². The van der Waals surface area contributed by atoms with Crippen LogP contribution in [-0.2, 0) is 9.53 Å². The van der Waals surface area contributed by atoms with E-state index in [-0.39, 0.29) is 0 Å². The summed E-state index contributed by atoms with van der Waals surface area (Å²) < 4.78 is 5.36. The van der Waals surface area contributed by atoms with E-state index in [2.05, 4.69) is 0 Å². The van der Waals surface area contributed by atoms with Crippen LogP contribution in [0, 0.1) is 0 Å². The summed E-state index contributed by atoms with van der Waals surface area (Å²) in [4.78, 5) is 24.5. The highest BCUT2D eigenvalue weighted by atomic mass is 32.1. The maximum absolute atomic E-state index is 12.3. The number of carbonyl (C=O) groups excluding carboxylic acids is 2. The second kappa shape index (κ2) is 5.69. The third kappa shape index (κ3) is 2.97. The van der Waals surface area contributed by atoms with Crippen molar-refractivity contribution in [1.29, 1.82) is 0 Å². The van der Waals surface area contributed by atoms with E-state index < -0.39 is 18.0 Å². The van der Waals surface area contributed by atoms with E-state index in [9.17, 15) is 9.59 Å². The molecule has 21 heavy (non-hydrogen) atoms. The molecule has 0 radical (unpaired) electrons. The molecule has 5 heteroatoms. The quantitative estimate of drug-likeness (QED) is 0.863. The normalized spacial score (nSPS) is 15.4. The van der Waals surface area contributed by atoms with Crippen molar-refractivity contribution in [2.24, 2.45) is 5.73 Å². The number of benzene rings is 1. The molecule has 1 heterocycles. The highest BCUT2D eigenvalue weighted by molar-refractivity contribution is 7.12. The summed E-state index contributed by atoms with van der Waals surface area (Å²) in [6.07, 6.45) is 1.16. The maximum Gasteiger partial charge on any atom is 0.349 e. The monoisotopic (exact) mass is 301 g/mol. The third-order valence-electron chi connectivity index (χ3n) is 3.48. The van der Waals surface area contributed by atoms with Gasteiger partial charge < -0.3 is 10.5 Å². The second-order valence-corrected chi connectivity index (χ2v) is 5.99. The van der Waals surface area contributed by atoms with Crippen molar-refractivity contribution in [3.8, 4) is 0 Å².